The molecule has 2 rings (SSSR count). The highest BCUT2D eigenvalue weighted by Crippen LogP contribution is 2.25. The highest BCUT2D eigenvalue weighted by Gasteiger charge is 2.09. The first-order valence-electron chi connectivity index (χ1n) is 6.84. The van der Waals surface area contributed by atoms with Gasteiger partial charge in [0.2, 0.25) is 0 Å². The molecule has 0 aromatic heterocycles. The predicted octanol–water partition coefficient (Wildman–Crippen LogP) is 3.44. The Labute approximate surface area is 124 Å². The molecule has 0 spiro atoms. The maximum Gasteiger partial charge on any atom is 0.133 e. The first-order valence-corrected chi connectivity index (χ1v) is 6.84. The number of nitrogens with one attached hydrogen (secondary N) is 1. The van der Waals surface area contributed by atoms with Gasteiger partial charge in [-0.15, -0.1) is 0 Å². The highest BCUT2D eigenvalue weighted by atomic mass is 19.1. The third kappa shape index (κ3) is 3.73. The Balaban J connectivity index is 2.16. The average Bonchev–Trinajstić information content (AvgIpc) is 2.48. The van der Waals surface area contributed by atoms with E-state index in [1.54, 1.807) is 12.1 Å². The molecule has 2 aromatic rings. The largest absolute Gasteiger partial charge is 0.497 e. The van der Waals surface area contributed by atoms with Crippen LogP contribution in [0.2, 0.25) is 0 Å². The molecule has 0 atom stereocenters. The zero-order valence-electron chi connectivity index (χ0n) is 12.6. The molecule has 4 heteroatoms. The van der Waals surface area contributed by atoms with Gasteiger partial charge in [-0.2, -0.15) is 0 Å². The molecule has 0 aliphatic heterocycles. The Hall–Kier alpha value is -2.07. The molecule has 0 fully saturated rings. The van der Waals surface area contributed by atoms with Crippen LogP contribution in [0.1, 0.15) is 16.7 Å². The van der Waals surface area contributed by atoms with E-state index < -0.39 is 0 Å². The Kier molecular flexibility index (Phi) is 5.17. The second-order valence-corrected chi connectivity index (χ2v) is 4.84. The Bertz CT molecular complexity index is 614. The number of hydrogen-bond donors (Lipinski definition) is 1. The van der Waals surface area contributed by atoms with E-state index in [1.807, 2.05) is 32.2 Å². The van der Waals surface area contributed by atoms with Crippen molar-refractivity contribution < 1.29 is 13.9 Å². The van der Waals surface area contributed by atoms with E-state index in [0.29, 0.717) is 17.9 Å². The van der Waals surface area contributed by atoms with Gasteiger partial charge in [-0.05, 0) is 31.7 Å². The van der Waals surface area contributed by atoms with Gasteiger partial charge in [-0.1, -0.05) is 18.2 Å². The minimum absolute atomic E-state index is 0.192. The van der Waals surface area contributed by atoms with Crippen LogP contribution < -0.4 is 14.8 Å². The molecule has 112 valence electrons. The van der Waals surface area contributed by atoms with Crippen molar-refractivity contribution in [2.75, 3.05) is 14.2 Å². The van der Waals surface area contributed by atoms with Gasteiger partial charge >= 0.3 is 0 Å². The third-order valence-electron chi connectivity index (χ3n) is 3.29. The van der Waals surface area contributed by atoms with Gasteiger partial charge in [-0.25, -0.2) is 4.39 Å². The summed E-state index contributed by atoms with van der Waals surface area (Å²) in [5.74, 6) is 0.989. The van der Waals surface area contributed by atoms with E-state index in [0.717, 1.165) is 16.9 Å². The molecule has 21 heavy (non-hydrogen) atoms. The van der Waals surface area contributed by atoms with Gasteiger partial charge < -0.3 is 14.8 Å². The number of rotatable bonds is 6. The summed E-state index contributed by atoms with van der Waals surface area (Å²) in [4.78, 5) is 0. The maximum absolute atomic E-state index is 13.9. The van der Waals surface area contributed by atoms with Crippen molar-refractivity contribution in [2.45, 2.75) is 20.1 Å². The molecule has 0 saturated carbocycles. The van der Waals surface area contributed by atoms with Gasteiger partial charge in [0.25, 0.3) is 0 Å². The molecule has 0 aliphatic carbocycles. The summed E-state index contributed by atoms with van der Waals surface area (Å²) < 4.78 is 24.8. The van der Waals surface area contributed by atoms with Crippen LogP contribution in [0.3, 0.4) is 0 Å². The Morgan fingerprint density at radius 3 is 2.62 bits per heavy atom. The van der Waals surface area contributed by atoms with Crippen LogP contribution in [0.5, 0.6) is 11.5 Å². The summed E-state index contributed by atoms with van der Waals surface area (Å²) in [5.41, 5.74) is 2.61. The van der Waals surface area contributed by atoms with Crippen LogP contribution in [0.4, 0.5) is 4.39 Å². The lowest BCUT2D eigenvalue weighted by molar-refractivity contribution is 0.293. The lowest BCUT2D eigenvalue weighted by Gasteiger charge is -2.14. The number of methoxy groups -OCH3 is 1. The number of hydrogen-bond acceptors (Lipinski definition) is 3. The molecule has 0 radical (unpaired) electrons. The first kappa shape index (κ1) is 15.3. The first-order chi connectivity index (χ1) is 10.2. The van der Waals surface area contributed by atoms with E-state index in [2.05, 4.69) is 5.32 Å². The molecule has 0 aliphatic rings. The normalized spacial score (nSPS) is 10.5. The van der Waals surface area contributed by atoms with Crippen molar-refractivity contribution in [2.24, 2.45) is 0 Å². The maximum atomic E-state index is 13.9. The van der Waals surface area contributed by atoms with Crippen molar-refractivity contribution in [1.82, 2.24) is 5.32 Å². The van der Waals surface area contributed by atoms with Crippen molar-refractivity contribution in [1.29, 1.82) is 0 Å². The quantitative estimate of drug-likeness (QED) is 0.883. The predicted molar refractivity (Wildman–Crippen MR) is 81.2 cm³/mol. The molecule has 0 unspecified atom stereocenters. The molecule has 0 amide bonds. The fraction of sp³-hybridized carbons (Fsp3) is 0.294. The second kappa shape index (κ2) is 7.09. The minimum Gasteiger partial charge on any atom is -0.497 e. The van der Waals surface area contributed by atoms with Crippen molar-refractivity contribution in [3.8, 4) is 11.5 Å². The average molecular weight is 289 g/mol. The van der Waals surface area contributed by atoms with E-state index in [-0.39, 0.29) is 12.4 Å². The fourth-order valence-corrected chi connectivity index (χ4v) is 2.17. The van der Waals surface area contributed by atoms with Gasteiger partial charge in [-0.3, -0.25) is 0 Å². The monoisotopic (exact) mass is 289 g/mol. The lowest BCUT2D eigenvalue weighted by atomic mass is 10.1. The van der Waals surface area contributed by atoms with E-state index >= 15 is 0 Å². The molecule has 0 bridgehead atoms. The number of ether oxygens (including phenoxy) is 2. The summed E-state index contributed by atoms with van der Waals surface area (Å²) >= 11 is 0. The van der Waals surface area contributed by atoms with Crippen LogP contribution in [-0.4, -0.2) is 14.2 Å². The zero-order valence-corrected chi connectivity index (χ0v) is 12.6. The van der Waals surface area contributed by atoms with Crippen LogP contribution in [0.25, 0.3) is 0 Å². The summed E-state index contributed by atoms with van der Waals surface area (Å²) in [6.07, 6.45) is 0. The Morgan fingerprint density at radius 2 is 1.95 bits per heavy atom. The highest BCUT2D eigenvalue weighted by molar-refractivity contribution is 5.41. The molecule has 3 nitrogen and oxygen atoms in total. The van der Waals surface area contributed by atoms with Crippen LogP contribution in [-0.2, 0) is 13.2 Å². The SMILES string of the molecule is CNCc1cccc(C)c1OCc1ccc(OC)cc1F. The number of benzene rings is 2. The van der Waals surface area contributed by atoms with Gasteiger partial charge in [0.15, 0.2) is 0 Å². The standard InChI is InChI=1S/C17H20FNO2/c1-12-5-4-6-13(10-19-2)17(12)21-11-14-7-8-15(20-3)9-16(14)18/h4-9,19H,10-11H2,1-3H3. The lowest BCUT2D eigenvalue weighted by Crippen LogP contribution is -2.09. The molecule has 2 aromatic carbocycles. The third-order valence-corrected chi connectivity index (χ3v) is 3.29. The van der Waals surface area contributed by atoms with Crippen LogP contribution in [0, 0.1) is 12.7 Å². The van der Waals surface area contributed by atoms with Gasteiger partial charge in [0.1, 0.15) is 23.9 Å². The fourth-order valence-electron chi connectivity index (χ4n) is 2.17. The summed E-state index contributed by atoms with van der Waals surface area (Å²) in [6, 6.07) is 10.8. The van der Waals surface area contributed by atoms with Crippen molar-refractivity contribution in [3.05, 3.63) is 58.9 Å². The second-order valence-electron chi connectivity index (χ2n) is 4.84. The van der Waals surface area contributed by atoms with Gasteiger partial charge in [0.05, 0.1) is 7.11 Å². The topological polar surface area (TPSA) is 30.5 Å². The van der Waals surface area contributed by atoms with E-state index in [4.69, 9.17) is 9.47 Å². The summed E-state index contributed by atoms with van der Waals surface area (Å²) in [7, 11) is 3.40. The van der Waals surface area contributed by atoms with E-state index in [1.165, 1.54) is 13.2 Å². The number of aryl methyl sites for hydroxylation is 1. The smallest absolute Gasteiger partial charge is 0.133 e. The molecular formula is C17H20FNO2. The minimum atomic E-state index is -0.321. The van der Waals surface area contributed by atoms with Crippen LogP contribution >= 0.6 is 0 Å². The molecule has 0 saturated heterocycles. The summed E-state index contributed by atoms with van der Waals surface area (Å²) in [5, 5.41) is 3.11. The van der Waals surface area contributed by atoms with Crippen molar-refractivity contribution in [3.63, 3.8) is 0 Å². The number of halogens is 1. The summed E-state index contributed by atoms with van der Waals surface area (Å²) in [6.45, 7) is 2.89. The molecule has 0 heterocycles. The zero-order chi connectivity index (χ0) is 15.2. The van der Waals surface area contributed by atoms with Crippen LogP contribution in [0.15, 0.2) is 36.4 Å². The number of para-hydroxylation sites is 1. The Morgan fingerprint density at radius 1 is 1.14 bits per heavy atom. The molecule has 1 N–H and O–H groups in total. The van der Waals surface area contributed by atoms with E-state index in [9.17, 15) is 4.39 Å². The van der Waals surface area contributed by atoms with Gasteiger partial charge in [0, 0.05) is 23.7 Å². The molecular weight excluding hydrogens is 269 g/mol. The van der Waals surface area contributed by atoms with Crippen molar-refractivity contribution >= 4 is 0 Å².